The number of rotatable bonds is 12. The maximum atomic E-state index is 12.1. The van der Waals surface area contributed by atoms with Crippen LogP contribution < -0.4 is 25.5 Å². The molecule has 1 aliphatic rings. The first-order valence-electron chi connectivity index (χ1n) is 12.2. The average molecular weight is 497 g/mol. The van der Waals surface area contributed by atoms with E-state index in [1.165, 1.54) is 0 Å². The van der Waals surface area contributed by atoms with E-state index in [4.69, 9.17) is 9.47 Å². The first-order chi connectivity index (χ1) is 17.2. The summed E-state index contributed by atoms with van der Waals surface area (Å²) in [6.07, 6.45) is 1.12. The molecule has 2 aromatic rings. The van der Waals surface area contributed by atoms with Gasteiger partial charge in [0.2, 0.25) is 5.91 Å². The summed E-state index contributed by atoms with van der Waals surface area (Å²) in [5, 5.41) is 20.2. The second-order valence-electron chi connectivity index (χ2n) is 9.75. The summed E-state index contributed by atoms with van der Waals surface area (Å²) in [7, 11) is 0. The van der Waals surface area contributed by atoms with Crippen LogP contribution in [0.5, 0.6) is 11.5 Å². The molecule has 0 aromatic heterocycles. The Bertz CT molecular complexity index is 1030. The van der Waals surface area contributed by atoms with Crippen LogP contribution in [0.3, 0.4) is 0 Å². The van der Waals surface area contributed by atoms with Crippen LogP contribution in [0.1, 0.15) is 44.7 Å². The third-order valence-corrected chi connectivity index (χ3v) is 5.43. The topological polar surface area (TPSA) is 121 Å². The smallest absolute Gasteiger partial charge is 0.257 e. The van der Waals surface area contributed by atoms with E-state index >= 15 is 0 Å². The van der Waals surface area contributed by atoms with Gasteiger partial charge >= 0.3 is 0 Å². The van der Waals surface area contributed by atoms with Crippen molar-refractivity contribution in [2.75, 3.05) is 26.3 Å². The van der Waals surface area contributed by atoms with Crippen LogP contribution >= 0.6 is 0 Å². The zero-order valence-electron chi connectivity index (χ0n) is 21.2. The fourth-order valence-electron chi connectivity index (χ4n) is 3.40. The lowest BCUT2D eigenvalue weighted by Crippen LogP contribution is -2.42. The first kappa shape index (κ1) is 27.2. The molecule has 2 aromatic carbocycles. The van der Waals surface area contributed by atoms with Crippen LogP contribution in [-0.2, 0) is 16.0 Å². The molecule has 0 bridgehead atoms. The van der Waals surface area contributed by atoms with Crippen molar-refractivity contribution in [1.82, 2.24) is 16.1 Å². The zero-order valence-corrected chi connectivity index (χ0v) is 21.2. The summed E-state index contributed by atoms with van der Waals surface area (Å²) in [4.78, 5) is 23.3. The van der Waals surface area contributed by atoms with E-state index in [1.54, 1.807) is 12.1 Å². The van der Waals surface area contributed by atoms with Gasteiger partial charge in [-0.05, 0) is 74.7 Å². The van der Waals surface area contributed by atoms with Gasteiger partial charge in [-0.2, -0.15) is 5.10 Å². The number of carbonyl (C=O) groups excluding carboxylic acids is 2. The van der Waals surface area contributed by atoms with Crippen LogP contribution in [0.2, 0.25) is 0 Å². The predicted octanol–water partition coefficient (Wildman–Crippen LogP) is 2.17. The zero-order chi connectivity index (χ0) is 26.0. The highest BCUT2D eigenvalue weighted by atomic mass is 16.5. The minimum Gasteiger partial charge on any atom is -0.491 e. The number of benzene rings is 2. The highest BCUT2D eigenvalue weighted by Crippen LogP contribution is 2.16. The second kappa shape index (κ2) is 13.0. The molecule has 1 heterocycles. The fraction of sp³-hybridized carbons (Fsp3) is 0.444. The van der Waals surface area contributed by atoms with Gasteiger partial charge in [0, 0.05) is 31.5 Å². The van der Waals surface area contributed by atoms with E-state index in [2.05, 4.69) is 21.2 Å². The molecule has 36 heavy (non-hydrogen) atoms. The SMILES string of the molecule is CC(C)(C)NC[C@@H](O)COc1ccc(CCNC(=O)COc2ccc(C3=NNC(=O)CC3)cc2)cc1. The molecular formula is C27H36N4O5. The van der Waals surface area contributed by atoms with Gasteiger partial charge in [-0.1, -0.05) is 12.1 Å². The van der Waals surface area contributed by atoms with Crippen molar-refractivity contribution in [2.24, 2.45) is 5.10 Å². The molecule has 1 atom stereocenters. The number of nitrogens with zero attached hydrogens (tertiary/aromatic N) is 1. The van der Waals surface area contributed by atoms with E-state index in [9.17, 15) is 14.7 Å². The Hall–Kier alpha value is -3.43. The maximum Gasteiger partial charge on any atom is 0.257 e. The Labute approximate surface area is 212 Å². The third kappa shape index (κ3) is 9.67. The Morgan fingerprint density at radius 1 is 1.06 bits per heavy atom. The Morgan fingerprint density at radius 2 is 1.72 bits per heavy atom. The van der Waals surface area contributed by atoms with Gasteiger partial charge in [0.25, 0.3) is 5.91 Å². The van der Waals surface area contributed by atoms with E-state index < -0.39 is 6.10 Å². The number of hydrazone groups is 1. The van der Waals surface area contributed by atoms with Crippen molar-refractivity contribution in [3.05, 3.63) is 59.7 Å². The molecule has 9 heteroatoms. The molecule has 4 N–H and O–H groups in total. The van der Waals surface area contributed by atoms with Crippen LogP contribution in [0.4, 0.5) is 0 Å². The van der Waals surface area contributed by atoms with Gasteiger partial charge in [-0.3, -0.25) is 9.59 Å². The van der Waals surface area contributed by atoms with Crippen molar-refractivity contribution >= 4 is 17.5 Å². The number of amides is 2. The van der Waals surface area contributed by atoms with Gasteiger partial charge in [0.15, 0.2) is 6.61 Å². The van der Waals surface area contributed by atoms with E-state index in [1.807, 2.05) is 57.2 Å². The molecule has 1 aliphatic heterocycles. The lowest BCUT2D eigenvalue weighted by Gasteiger charge is -2.23. The second-order valence-corrected chi connectivity index (χ2v) is 9.75. The molecule has 0 unspecified atom stereocenters. The lowest BCUT2D eigenvalue weighted by molar-refractivity contribution is -0.123. The fourth-order valence-corrected chi connectivity index (χ4v) is 3.40. The summed E-state index contributed by atoms with van der Waals surface area (Å²) >= 11 is 0. The molecule has 9 nitrogen and oxygen atoms in total. The van der Waals surface area contributed by atoms with Gasteiger partial charge in [-0.25, -0.2) is 5.43 Å². The quantitative estimate of drug-likeness (QED) is 0.357. The van der Waals surface area contributed by atoms with Gasteiger partial charge in [-0.15, -0.1) is 0 Å². The van der Waals surface area contributed by atoms with Crippen molar-refractivity contribution in [3.63, 3.8) is 0 Å². The van der Waals surface area contributed by atoms with Crippen LogP contribution in [0.15, 0.2) is 53.6 Å². The summed E-state index contributed by atoms with van der Waals surface area (Å²) in [5.74, 6) is 1.00. The van der Waals surface area contributed by atoms with E-state index in [0.29, 0.717) is 43.9 Å². The molecular weight excluding hydrogens is 460 g/mol. The highest BCUT2D eigenvalue weighted by Gasteiger charge is 2.14. The lowest BCUT2D eigenvalue weighted by atomic mass is 10.0. The van der Waals surface area contributed by atoms with Crippen molar-refractivity contribution in [1.29, 1.82) is 0 Å². The van der Waals surface area contributed by atoms with Gasteiger partial charge in [0.1, 0.15) is 24.2 Å². The average Bonchev–Trinajstić information content (AvgIpc) is 2.86. The number of hydrogen-bond donors (Lipinski definition) is 4. The number of aliphatic hydroxyl groups is 1. The number of hydrogen-bond acceptors (Lipinski definition) is 7. The molecule has 0 saturated carbocycles. The summed E-state index contributed by atoms with van der Waals surface area (Å²) in [5.41, 5.74) is 5.23. The Balaban J connectivity index is 1.32. The van der Waals surface area contributed by atoms with Crippen LogP contribution in [0, 0.1) is 0 Å². The number of carbonyl (C=O) groups is 2. The number of nitrogens with one attached hydrogen (secondary N) is 3. The molecule has 3 rings (SSSR count). The minimum absolute atomic E-state index is 0.0530. The Morgan fingerprint density at radius 3 is 2.36 bits per heavy atom. The van der Waals surface area contributed by atoms with Gasteiger partial charge < -0.3 is 25.2 Å². The first-order valence-corrected chi connectivity index (χ1v) is 12.2. The normalized spacial score (nSPS) is 14.4. The Kier molecular flexibility index (Phi) is 9.84. The number of β-amino-alcohol motifs (C(OH)–C–C–N with tert-alkyl or cyclic N) is 1. The summed E-state index contributed by atoms with van der Waals surface area (Å²) in [6, 6.07) is 14.9. The summed E-state index contributed by atoms with van der Waals surface area (Å²) in [6.45, 7) is 7.24. The molecule has 194 valence electrons. The monoisotopic (exact) mass is 496 g/mol. The molecule has 0 spiro atoms. The van der Waals surface area contributed by atoms with Crippen molar-refractivity contribution in [2.45, 2.75) is 51.7 Å². The minimum atomic E-state index is -0.588. The van der Waals surface area contributed by atoms with E-state index in [0.717, 1.165) is 16.8 Å². The number of aliphatic hydroxyl groups excluding tert-OH is 1. The standard InChI is InChI=1S/C27H36N4O5/c1-27(2,3)29-16-21(32)17-35-22-8-4-19(5-9-22)14-15-28-26(34)18-36-23-10-6-20(7-11-23)24-12-13-25(33)31-30-24/h4-11,21,29,32H,12-18H2,1-3H3,(H,28,34)(H,31,33)/t21-/m1/s1. The van der Waals surface area contributed by atoms with Crippen molar-refractivity contribution in [3.8, 4) is 11.5 Å². The van der Waals surface area contributed by atoms with Crippen LogP contribution in [-0.4, -0.2) is 60.6 Å². The largest absolute Gasteiger partial charge is 0.491 e. The molecule has 0 fully saturated rings. The van der Waals surface area contributed by atoms with E-state index in [-0.39, 0.29) is 30.6 Å². The molecule has 0 aliphatic carbocycles. The van der Waals surface area contributed by atoms with Gasteiger partial charge in [0.05, 0.1) is 5.71 Å². The third-order valence-electron chi connectivity index (χ3n) is 5.43. The highest BCUT2D eigenvalue weighted by molar-refractivity contribution is 6.04. The maximum absolute atomic E-state index is 12.1. The number of ether oxygens (including phenoxy) is 2. The molecule has 0 saturated heterocycles. The predicted molar refractivity (Wildman–Crippen MR) is 138 cm³/mol. The molecule has 0 radical (unpaired) electrons. The van der Waals surface area contributed by atoms with Crippen molar-refractivity contribution < 1.29 is 24.2 Å². The summed E-state index contributed by atoms with van der Waals surface area (Å²) < 4.78 is 11.2. The molecule has 2 amide bonds. The van der Waals surface area contributed by atoms with Crippen LogP contribution in [0.25, 0.3) is 0 Å².